The third-order valence-corrected chi connectivity index (χ3v) is 4.43. The summed E-state index contributed by atoms with van der Waals surface area (Å²) in [5.41, 5.74) is 2.57. The smallest absolute Gasteiger partial charge is 0.227 e. The maximum absolute atomic E-state index is 13.8. The second-order valence-corrected chi connectivity index (χ2v) is 6.02. The van der Waals surface area contributed by atoms with Gasteiger partial charge in [0.05, 0.1) is 11.8 Å². The number of amides is 1. The fourth-order valence-electron chi connectivity index (χ4n) is 3.16. The Morgan fingerprint density at radius 2 is 1.96 bits per heavy atom. The lowest BCUT2D eigenvalue weighted by atomic mass is 10.2. The molecule has 126 valence electrons. The molecule has 4 rings (SSSR count). The molecule has 1 aromatic heterocycles. The molecule has 0 N–H and O–H groups in total. The summed E-state index contributed by atoms with van der Waals surface area (Å²) in [5.74, 6) is 0.525. The van der Waals surface area contributed by atoms with Crippen LogP contribution in [0.4, 0.5) is 10.1 Å². The van der Waals surface area contributed by atoms with Crippen molar-refractivity contribution in [3.63, 3.8) is 0 Å². The van der Waals surface area contributed by atoms with Crippen LogP contribution >= 0.6 is 0 Å². The summed E-state index contributed by atoms with van der Waals surface area (Å²) < 4.78 is 19.4. The molecule has 0 saturated heterocycles. The molecule has 0 saturated carbocycles. The Hall–Kier alpha value is -2.95. The van der Waals surface area contributed by atoms with Crippen molar-refractivity contribution in [2.75, 3.05) is 11.4 Å². The minimum absolute atomic E-state index is 0.0515. The van der Waals surface area contributed by atoms with E-state index in [4.69, 9.17) is 4.42 Å². The zero-order valence-electron chi connectivity index (χ0n) is 13.6. The molecule has 2 aromatic carbocycles. The summed E-state index contributed by atoms with van der Waals surface area (Å²) in [6.45, 7) is 0.713. The van der Waals surface area contributed by atoms with Gasteiger partial charge >= 0.3 is 0 Å². The van der Waals surface area contributed by atoms with Gasteiger partial charge in [0.25, 0.3) is 0 Å². The van der Waals surface area contributed by atoms with Crippen molar-refractivity contribution < 1.29 is 13.6 Å². The van der Waals surface area contributed by atoms with E-state index in [0.717, 1.165) is 12.1 Å². The summed E-state index contributed by atoms with van der Waals surface area (Å²) in [6.07, 6.45) is 3.10. The van der Waals surface area contributed by atoms with Gasteiger partial charge in [-0.05, 0) is 30.2 Å². The van der Waals surface area contributed by atoms with Crippen LogP contribution in [0.25, 0.3) is 11.3 Å². The molecule has 0 fully saturated rings. The number of oxazole rings is 1. The summed E-state index contributed by atoms with van der Waals surface area (Å²) in [6, 6.07) is 14.4. The number of nitrogens with zero attached hydrogens (tertiary/aromatic N) is 2. The second kappa shape index (κ2) is 6.51. The van der Waals surface area contributed by atoms with E-state index in [-0.39, 0.29) is 11.7 Å². The number of para-hydroxylation sites is 1. The fraction of sp³-hybridized carbons (Fsp3) is 0.200. The predicted octanol–water partition coefficient (Wildman–Crippen LogP) is 4.00. The Morgan fingerprint density at radius 3 is 2.84 bits per heavy atom. The van der Waals surface area contributed by atoms with Crippen molar-refractivity contribution in [3.05, 3.63) is 72.0 Å². The minimum Gasteiger partial charge on any atom is -0.441 e. The third kappa shape index (κ3) is 3.05. The van der Waals surface area contributed by atoms with Gasteiger partial charge in [-0.15, -0.1) is 0 Å². The van der Waals surface area contributed by atoms with E-state index >= 15 is 0 Å². The molecule has 5 heteroatoms. The topological polar surface area (TPSA) is 46.3 Å². The fourth-order valence-corrected chi connectivity index (χ4v) is 3.16. The largest absolute Gasteiger partial charge is 0.441 e. The van der Waals surface area contributed by atoms with E-state index in [9.17, 15) is 9.18 Å². The third-order valence-electron chi connectivity index (χ3n) is 4.43. The normalized spacial score (nSPS) is 13.1. The zero-order valence-corrected chi connectivity index (χ0v) is 13.6. The molecule has 0 aliphatic carbocycles. The lowest BCUT2D eigenvalue weighted by molar-refractivity contribution is -0.118. The molecular formula is C20H17FN2O2. The number of aryl methyl sites for hydroxylation is 1. The first-order chi connectivity index (χ1) is 12.2. The SMILES string of the molecule is O=C(CCc1ncc(-c2ccccc2F)o1)N1CCc2ccccc21. The number of aromatic nitrogens is 1. The summed E-state index contributed by atoms with van der Waals surface area (Å²) in [7, 11) is 0. The number of benzene rings is 2. The first-order valence-corrected chi connectivity index (χ1v) is 8.30. The van der Waals surface area contributed by atoms with E-state index in [1.54, 1.807) is 18.2 Å². The van der Waals surface area contributed by atoms with Crippen LogP contribution in [0, 0.1) is 5.82 Å². The molecule has 0 radical (unpaired) electrons. The van der Waals surface area contributed by atoms with Gasteiger partial charge in [-0.1, -0.05) is 30.3 Å². The number of hydrogen-bond donors (Lipinski definition) is 0. The van der Waals surface area contributed by atoms with E-state index in [1.807, 2.05) is 23.1 Å². The van der Waals surface area contributed by atoms with Gasteiger partial charge in [0, 0.05) is 25.1 Å². The summed E-state index contributed by atoms with van der Waals surface area (Å²) in [5, 5.41) is 0. The number of anilines is 1. The van der Waals surface area contributed by atoms with E-state index in [1.165, 1.54) is 17.8 Å². The molecule has 0 unspecified atom stereocenters. The maximum atomic E-state index is 13.8. The van der Waals surface area contributed by atoms with Crippen LogP contribution in [-0.2, 0) is 17.6 Å². The van der Waals surface area contributed by atoms with Crippen LogP contribution in [0.3, 0.4) is 0 Å². The highest BCUT2D eigenvalue weighted by molar-refractivity contribution is 5.95. The van der Waals surface area contributed by atoms with Gasteiger partial charge < -0.3 is 9.32 Å². The molecule has 1 aliphatic heterocycles. The van der Waals surface area contributed by atoms with Crippen LogP contribution in [-0.4, -0.2) is 17.4 Å². The number of halogens is 1. The highest BCUT2D eigenvalue weighted by Gasteiger charge is 2.24. The first kappa shape index (κ1) is 15.6. The molecule has 0 bridgehead atoms. The van der Waals surface area contributed by atoms with Gasteiger partial charge in [0.2, 0.25) is 5.91 Å². The van der Waals surface area contributed by atoms with E-state index in [2.05, 4.69) is 11.1 Å². The van der Waals surface area contributed by atoms with Crippen LogP contribution in [0.1, 0.15) is 17.9 Å². The monoisotopic (exact) mass is 336 g/mol. The van der Waals surface area contributed by atoms with Gasteiger partial charge in [0.1, 0.15) is 5.82 Å². The van der Waals surface area contributed by atoms with Crippen LogP contribution in [0.5, 0.6) is 0 Å². The Labute approximate surface area is 144 Å². The molecule has 25 heavy (non-hydrogen) atoms. The van der Waals surface area contributed by atoms with Crippen molar-refractivity contribution in [2.45, 2.75) is 19.3 Å². The van der Waals surface area contributed by atoms with Crippen LogP contribution < -0.4 is 4.90 Å². The van der Waals surface area contributed by atoms with Gasteiger partial charge in [0.15, 0.2) is 11.7 Å². The average molecular weight is 336 g/mol. The number of hydrogen-bond acceptors (Lipinski definition) is 3. The summed E-state index contributed by atoms with van der Waals surface area (Å²) in [4.78, 5) is 18.5. The highest BCUT2D eigenvalue weighted by Crippen LogP contribution is 2.28. The van der Waals surface area contributed by atoms with Gasteiger partial charge in [-0.2, -0.15) is 0 Å². The standard InChI is InChI=1S/C20H17FN2O2/c21-16-7-3-2-6-15(16)18-13-22-19(25-18)9-10-20(24)23-12-11-14-5-1-4-8-17(14)23/h1-8,13H,9-12H2. The van der Waals surface area contributed by atoms with Crippen LogP contribution in [0.15, 0.2) is 59.1 Å². The van der Waals surface area contributed by atoms with E-state index < -0.39 is 0 Å². The molecule has 0 atom stereocenters. The van der Waals surface area contributed by atoms with Crippen molar-refractivity contribution in [3.8, 4) is 11.3 Å². The Bertz CT molecular complexity index is 919. The number of carbonyl (C=O) groups excluding carboxylic acids is 1. The molecular weight excluding hydrogens is 319 g/mol. The Balaban J connectivity index is 1.43. The number of fused-ring (bicyclic) bond motifs is 1. The Kier molecular flexibility index (Phi) is 4.06. The molecule has 1 amide bonds. The lowest BCUT2D eigenvalue weighted by Gasteiger charge is -2.16. The van der Waals surface area contributed by atoms with E-state index in [0.29, 0.717) is 36.6 Å². The maximum Gasteiger partial charge on any atom is 0.227 e. The molecule has 0 spiro atoms. The quantitative estimate of drug-likeness (QED) is 0.723. The summed E-state index contributed by atoms with van der Waals surface area (Å²) >= 11 is 0. The predicted molar refractivity (Wildman–Crippen MR) is 92.7 cm³/mol. The minimum atomic E-state index is -0.352. The molecule has 4 nitrogen and oxygen atoms in total. The average Bonchev–Trinajstić information content (AvgIpc) is 3.27. The first-order valence-electron chi connectivity index (χ1n) is 8.30. The van der Waals surface area contributed by atoms with Crippen molar-refractivity contribution in [1.82, 2.24) is 4.98 Å². The van der Waals surface area contributed by atoms with Crippen LogP contribution in [0.2, 0.25) is 0 Å². The van der Waals surface area contributed by atoms with Gasteiger partial charge in [-0.25, -0.2) is 9.37 Å². The number of carbonyl (C=O) groups is 1. The van der Waals surface area contributed by atoms with Crippen molar-refractivity contribution >= 4 is 11.6 Å². The zero-order chi connectivity index (χ0) is 17.2. The molecule has 1 aliphatic rings. The van der Waals surface area contributed by atoms with Gasteiger partial charge in [-0.3, -0.25) is 4.79 Å². The Morgan fingerprint density at radius 1 is 1.16 bits per heavy atom. The second-order valence-electron chi connectivity index (χ2n) is 6.02. The highest BCUT2D eigenvalue weighted by atomic mass is 19.1. The number of rotatable bonds is 4. The van der Waals surface area contributed by atoms with Crippen molar-refractivity contribution in [2.24, 2.45) is 0 Å². The van der Waals surface area contributed by atoms with Crippen molar-refractivity contribution in [1.29, 1.82) is 0 Å². The molecule has 2 heterocycles. The lowest BCUT2D eigenvalue weighted by Crippen LogP contribution is -2.29. The molecule has 3 aromatic rings.